The van der Waals surface area contributed by atoms with Crippen LogP contribution in [0.3, 0.4) is 0 Å². The normalized spacial score (nSPS) is 31.2. The van der Waals surface area contributed by atoms with E-state index in [-0.39, 0.29) is 17.6 Å². The van der Waals surface area contributed by atoms with Gasteiger partial charge in [-0.2, -0.15) is 5.10 Å². The zero-order chi connectivity index (χ0) is 18.6. The van der Waals surface area contributed by atoms with E-state index in [1.165, 1.54) is 31.4 Å². The molecule has 4 bridgehead atoms. The zero-order valence-corrected chi connectivity index (χ0v) is 15.1. The SMILES string of the molecule is O=C(Cn1cnc(-c2ccc([N+](=O)[O-])cc2)n1)C12CC3CC(CC(C3)C1)C2. The van der Waals surface area contributed by atoms with Crippen molar-refractivity contribution in [2.24, 2.45) is 23.2 Å². The summed E-state index contributed by atoms with van der Waals surface area (Å²) in [4.78, 5) is 27.8. The Bertz CT molecular complexity index is 867. The van der Waals surface area contributed by atoms with Gasteiger partial charge in [0.25, 0.3) is 5.69 Å². The average molecular weight is 366 g/mol. The van der Waals surface area contributed by atoms with Gasteiger partial charge in [-0.1, -0.05) is 0 Å². The van der Waals surface area contributed by atoms with Crippen molar-refractivity contribution in [3.05, 3.63) is 40.7 Å². The van der Waals surface area contributed by atoms with Crippen LogP contribution in [0, 0.1) is 33.3 Å². The van der Waals surface area contributed by atoms with Gasteiger partial charge in [-0.15, -0.1) is 0 Å². The fourth-order valence-corrected chi connectivity index (χ4v) is 6.00. The predicted octanol–water partition coefficient (Wildman–Crippen LogP) is 3.64. The molecule has 0 unspecified atom stereocenters. The van der Waals surface area contributed by atoms with Gasteiger partial charge >= 0.3 is 0 Å². The summed E-state index contributed by atoms with van der Waals surface area (Å²) in [5.74, 6) is 3.02. The second kappa shape index (κ2) is 5.97. The lowest BCUT2D eigenvalue weighted by Crippen LogP contribution is -2.50. The highest BCUT2D eigenvalue weighted by molar-refractivity contribution is 5.85. The molecule has 0 spiro atoms. The molecule has 0 atom stereocenters. The maximum Gasteiger partial charge on any atom is 0.269 e. The molecule has 4 fully saturated rings. The Morgan fingerprint density at radius 3 is 2.26 bits per heavy atom. The number of rotatable bonds is 5. The van der Waals surface area contributed by atoms with Gasteiger partial charge in [-0.3, -0.25) is 14.9 Å². The molecule has 4 saturated carbocycles. The molecular weight excluding hydrogens is 344 g/mol. The third kappa shape index (κ3) is 2.85. The maximum atomic E-state index is 13.2. The lowest BCUT2D eigenvalue weighted by molar-refractivity contribution is -0.384. The second-order valence-electron chi connectivity index (χ2n) is 8.69. The molecule has 0 amide bonds. The summed E-state index contributed by atoms with van der Waals surface area (Å²) in [5, 5.41) is 15.2. The van der Waals surface area contributed by atoms with Crippen molar-refractivity contribution >= 4 is 11.5 Å². The number of aromatic nitrogens is 3. The highest BCUT2D eigenvalue weighted by Gasteiger charge is 2.54. The number of carbonyl (C=O) groups excluding carboxylic acids is 1. The molecule has 1 aromatic carbocycles. The van der Waals surface area contributed by atoms with Gasteiger partial charge in [0.05, 0.1) is 4.92 Å². The molecule has 140 valence electrons. The van der Waals surface area contributed by atoms with Gasteiger partial charge < -0.3 is 0 Å². The second-order valence-corrected chi connectivity index (χ2v) is 8.69. The summed E-state index contributed by atoms with van der Waals surface area (Å²) in [6, 6.07) is 6.16. The van der Waals surface area contributed by atoms with Crippen LogP contribution in [0.25, 0.3) is 11.4 Å². The largest absolute Gasteiger partial charge is 0.297 e. The number of carbonyl (C=O) groups is 1. The standard InChI is InChI=1S/C20H22N4O3/c25-18(20-8-13-5-14(9-20)7-15(6-13)10-20)11-23-12-21-19(22-23)16-1-3-17(4-2-16)24(26)27/h1-4,12-15H,5-11H2. The zero-order valence-electron chi connectivity index (χ0n) is 15.1. The van der Waals surface area contributed by atoms with Crippen molar-refractivity contribution in [1.29, 1.82) is 0 Å². The van der Waals surface area contributed by atoms with E-state index in [9.17, 15) is 14.9 Å². The molecule has 0 radical (unpaired) electrons. The summed E-state index contributed by atoms with van der Waals surface area (Å²) in [6.07, 6.45) is 8.72. The molecule has 7 heteroatoms. The third-order valence-corrected chi connectivity index (χ3v) is 6.81. The summed E-state index contributed by atoms with van der Waals surface area (Å²) in [6.45, 7) is 0.270. The molecular formula is C20H22N4O3. The smallest absolute Gasteiger partial charge is 0.269 e. The number of ketones is 1. The molecule has 27 heavy (non-hydrogen) atoms. The van der Waals surface area contributed by atoms with E-state index < -0.39 is 4.92 Å². The predicted molar refractivity (Wildman–Crippen MR) is 97.7 cm³/mol. The van der Waals surface area contributed by atoms with Crippen molar-refractivity contribution in [3.63, 3.8) is 0 Å². The van der Waals surface area contributed by atoms with E-state index in [0.29, 0.717) is 17.2 Å². The van der Waals surface area contributed by atoms with Crippen LogP contribution in [0.1, 0.15) is 38.5 Å². The van der Waals surface area contributed by atoms with Crippen LogP contribution in [0.2, 0.25) is 0 Å². The summed E-state index contributed by atoms with van der Waals surface area (Å²) >= 11 is 0. The summed E-state index contributed by atoms with van der Waals surface area (Å²) in [5.41, 5.74) is 0.616. The van der Waals surface area contributed by atoms with Crippen LogP contribution < -0.4 is 0 Å². The number of nitro benzene ring substituents is 1. The van der Waals surface area contributed by atoms with Crippen LogP contribution in [-0.2, 0) is 11.3 Å². The Hall–Kier alpha value is -2.57. The molecule has 7 nitrogen and oxygen atoms in total. The maximum absolute atomic E-state index is 13.2. The van der Waals surface area contributed by atoms with Crippen molar-refractivity contribution in [3.8, 4) is 11.4 Å². The number of hydrogen-bond acceptors (Lipinski definition) is 5. The lowest BCUT2D eigenvalue weighted by atomic mass is 9.48. The monoisotopic (exact) mass is 366 g/mol. The molecule has 1 aromatic heterocycles. The highest BCUT2D eigenvalue weighted by atomic mass is 16.6. The van der Waals surface area contributed by atoms with Crippen LogP contribution in [0.15, 0.2) is 30.6 Å². The average Bonchev–Trinajstić information content (AvgIpc) is 3.09. The van der Waals surface area contributed by atoms with Gasteiger partial charge in [-0.05, 0) is 68.4 Å². The molecule has 2 aromatic rings. The van der Waals surface area contributed by atoms with Crippen molar-refractivity contribution in [1.82, 2.24) is 14.8 Å². The van der Waals surface area contributed by atoms with Crippen LogP contribution in [-0.4, -0.2) is 25.5 Å². The highest BCUT2D eigenvalue weighted by Crippen LogP contribution is 2.60. The molecule has 4 aliphatic rings. The Balaban J connectivity index is 1.32. The molecule has 6 rings (SSSR count). The fourth-order valence-electron chi connectivity index (χ4n) is 6.00. The van der Waals surface area contributed by atoms with Gasteiger partial charge in [0.1, 0.15) is 12.9 Å². The molecule has 1 heterocycles. The van der Waals surface area contributed by atoms with Gasteiger partial charge in [0.15, 0.2) is 11.6 Å². The number of hydrogen-bond donors (Lipinski definition) is 0. The number of nitro groups is 1. The first-order valence-electron chi connectivity index (χ1n) is 9.68. The number of nitrogens with zero attached hydrogens (tertiary/aromatic N) is 4. The van der Waals surface area contributed by atoms with E-state index in [0.717, 1.165) is 37.0 Å². The van der Waals surface area contributed by atoms with Crippen molar-refractivity contribution < 1.29 is 9.72 Å². The van der Waals surface area contributed by atoms with E-state index in [4.69, 9.17) is 0 Å². The summed E-state index contributed by atoms with van der Waals surface area (Å²) in [7, 11) is 0. The number of Topliss-reactive ketones (excluding diaryl/α,β-unsaturated/α-hetero) is 1. The van der Waals surface area contributed by atoms with E-state index >= 15 is 0 Å². The van der Waals surface area contributed by atoms with E-state index in [2.05, 4.69) is 10.1 Å². The van der Waals surface area contributed by atoms with Gasteiger partial charge in [0.2, 0.25) is 0 Å². The summed E-state index contributed by atoms with van der Waals surface area (Å²) < 4.78 is 1.62. The van der Waals surface area contributed by atoms with Crippen molar-refractivity contribution in [2.45, 2.75) is 45.1 Å². The van der Waals surface area contributed by atoms with Crippen molar-refractivity contribution in [2.75, 3.05) is 0 Å². The minimum Gasteiger partial charge on any atom is -0.297 e. The topological polar surface area (TPSA) is 90.9 Å². The Kier molecular flexibility index (Phi) is 3.67. The molecule has 0 saturated heterocycles. The lowest BCUT2D eigenvalue weighted by Gasteiger charge is -2.55. The number of non-ortho nitro benzene ring substituents is 1. The fraction of sp³-hybridized carbons (Fsp3) is 0.550. The van der Waals surface area contributed by atoms with Crippen LogP contribution >= 0.6 is 0 Å². The molecule has 0 N–H and O–H groups in total. The van der Waals surface area contributed by atoms with Gasteiger partial charge in [0, 0.05) is 23.1 Å². The number of benzene rings is 1. The Morgan fingerprint density at radius 2 is 1.70 bits per heavy atom. The third-order valence-electron chi connectivity index (χ3n) is 6.81. The minimum absolute atomic E-state index is 0.0372. The Morgan fingerprint density at radius 1 is 1.11 bits per heavy atom. The Labute approximate surface area is 156 Å². The quantitative estimate of drug-likeness (QED) is 0.595. The molecule has 4 aliphatic carbocycles. The first-order chi connectivity index (χ1) is 13.0. The first kappa shape index (κ1) is 16.6. The van der Waals surface area contributed by atoms with Crippen LogP contribution in [0.4, 0.5) is 5.69 Å². The molecule has 0 aliphatic heterocycles. The minimum atomic E-state index is -0.431. The van der Waals surface area contributed by atoms with Crippen LogP contribution in [0.5, 0.6) is 0 Å². The van der Waals surface area contributed by atoms with E-state index in [1.54, 1.807) is 23.1 Å². The van der Waals surface area contributed by atoms with Gasteiger partial charge in [-0.25, -0.2) is 9.67 Å². The van der Waals surface area contributed by atoms with E-state index in [1.807, 2.05) is 0 Å². The first-order valence-corrected chi connectivity index (χ1v) is 9.68.